The van der Waals surface area contributed by atoms with Crippen LogP contribution in [0, 0.1) is 0 Å². The Balaban J connectivity index is 2.66. The molecular formula is C15H23NO3S. The summed E-state index contributed by atoms with van der Waals surface area (Å²) in [4.78, 5) is 0.341. The minimum Gasteiger partial charge on any atom is -0.490 e. The van der Waals surface area contributed by atoms with Gasteiger partial charge in [-0.3, -0.25) is 0 Å². The van der Waals surface area contributed by atoms with Crippen molar-refractivity contribution in [1.82, 2.24) is 0 Å². The maximum atomic E-state index is 5.69. The van der Waals surface area contributed by atoms with Gasteiger partial charge in [-0.25, -0.2) is 0 Å². The molecule has 0 radical (unpaired) electrons. The highest BCUT2D eigenvalue weighted by atomic mass is 32.1. The molecule has 20 heavy (non-hydrogen) atoms. The average molecular weight is 297 g/mol. The normalized spacial score (nSPS) is 11.2. The maximum absolute atomic E-state index is 5.69. The Hall–Kier alpha value is -1.33. The Morgan fingerprint density at radius 1 is 1.15 bits per heavy atom. The van der Waals surface area contributed by atoms with E-state index >= 15 is 0 Å². The van der Waals surface area contributed by atoms with Gasteiger partial charge in [-0.2, -0.15) is 0 Å². The van der Waals surface area contributed by atoms with Crippen molar-refractivity contribution in [2.24, 2.45) is 5.73 Å². The summed E-state index contributed by atoms with van der Waals surface area (Å²) in [7, 11) is 0. The molecule has 5 heteroatoms. The molecule has 0 bridgehead atoms. The van der Waals surface area contributed by atoms with Crippen LogP contribution in [0.15, 0.2) is 18.2 Å². The molecule has 0 aliphatic carbocycles. The van der Waals surface area contributed by atoms with Crippen molar-refractivity contribution in [1.29, 1.82) is 0 Å². The van der Waals surface area contributed by atoms with E-state index < -0.39 is 0 Å². The lowest BCUT2D eigenvalue weighted by atomic mass is 10.2. The molecule has 1 aromatic rings. The molecule has 0 fully saturated rings. The SMILES string of the molecule is CCOc1cc(C(N)=S)ccc1OCCOC(C)(C)C. The van der Waals surface area contributed by atoms with Crippen LogP contribution in [0.1, 0.15) is 33.3 Å². The third kappa shape index (κ3) is 5.75. The summed E-state index contributed by atoms with van der Waals surface area (Å²) in [6.45, 7) is 9.48. The Bertz CT molecular complexity index is 455. The van der Waals surface area contributed by atoms with Crippen molar-refractivity contribution in [3.63, 3.8) is 0 Å². The first kappa shape index (κ1) is 16.7. The summed E-state index contributed by atoms with van der Waals surface area (Å²) in [5, 5.41) is 0. The molecule has 1 rings (SSSR count). The Morgan fingerprint density at radius 3 is 2.40 bits per heavy atom. The summed E-state index contributed by atoms with van der Waals surface area (Å²) < 4.78 is 16.8. The quantitative estimate of drug-likeness (QED) is 0.619. The van der Waals surface area contributed by atoms with E-state index in [2.05, 4.69) is 0 Å². The summed E-state index contributed by atoms with van der Waals surface area (Å²) in [6.07, 6.45) is 0. The molecule has 0 aromatic heterocycles. The van der Waals surface area contributed by atoms with E-state index in [9.17, 15) is 0 Å². The fourth-order valence-electron chi connectivity index (χ4n) is 1.55. The molecule has 0 spiro atoms. The number of hydrogen-bond acceptors (Lipinski definition) is 4. The largest absolute Gasteiger partial charge is 0.490 e. The summed E-state index contributed by atoms with van der Waals surface area (Å²) >= 11 is 4.96. The molecule has 2 N–H and O–H groups in total. The van der Waals surface area contributed by atoms with Crippen LogP contribution in [-0.2, 0) is 4.74 Å². The summed E-state index contributed by atoms with van der Waals surface area (Å²) in [5.74, 6) is 1.32. The molecule has 0 aliphatic rings. The average Bonchev–Trinajstić information content (AvgIpc) is 2.35. The van der Waals surface area contributed by atoms with Gasteiger partial charge >= 0.3 is 0 Å². The molecule has 0 saturated carbocycles. The number of ether oxygens (including phenoxy) is 3. The van der Waals surface area contributed by atoms with Gasteiger partial charge in [0.2, 0.25) is 0 Å². The van der Waals surface area contributed by atoms with E-state index in [4.69, 9.17) is 32.2 Å². The van der Waals surface area contributed by atoms with Gasteiger partial charge in [-0.05, 0) is 45.9 Å². The van der Waals surface area contributed by atoms with Gasteiger partial charge in [0.05, 0.1) is 18.8 Å². The summed E-state index contributed by atoms with van der Waals surface area (Å²) in [6, 6.07) is 5.44. The molecular weight excluding hydrogens is 274 g/mol. The van der Waals surface area contributed by atoms with Crippen LogP contribution in [-0.4, -0.2) is 30.4 Å². The van der Waals surface area contributed by atoms with Crippen LogP contribution < -0.4 is 15.2 Å². The first-order chi connectivity index (χ1) is 9.33. The number of hydrogen-bond donors (Lipinski definition) is 1. The molecule has 4 nitrogen and oxygen atoms in total. The molecule has 0 amide bonds. The van der Waals surface area contributed by atoms with Crippen molar-refractivity contribution < 1.29 is 14.2 Å². The molecule has 0 aliphatic heterocycles. The van der Waals surface area contributed by atoms with Crippen LogP contribution in [0.3, 0.4) is 0 Å². The van der Waals surface area contributed by atoms with Crippen LogP contribution in [0.2, 0.25) is 0 Å². The van der Waals surface area contributed by atoms with Gasteiger partial charge in [0, 0.05) is 5.56 Å². The van der Waals surface area contributed by atoms with Crippen LogP contribution in [0.4, 0.5) is 0 Å². The van der Waals surface area contributed by atoms with Crippen LogP contribution in [0.25, 0.3) is 0 Å². The number of thiocarbonyl (C=S) groups is 1. The highest BCUT2D eigenvalue weighted by Crippen LogP contribution is 2.28. The predicted molar refractivity (Wildman–Crippen MR) is 84.7 cm³/mol. The van der Waals surface area contributed by atoms with E-state index in [-0.39, 0.29) is 5.60 Å². The van der Waals surface area contributed by atoms with Gasteiger partial charge in [-0.1, -0.05) is 12.2 Å². The number of nitrogens with two attached hydrogens (primary N) is 1. The summed E-state index contributed by atoms with van der Waals surface area (Å²) in [5.41, 5.74) is 6.21. The first-order valence-corrected chi connectivity index (χ1v) is 7.07. The minimum absolute atomic E-state index is 0.165. The van der Waals surface area contributed by atoms with Gasteiger partial charge in [0.1, 0.15) is 11.6 Å². The highest BCUT2D eigenvalue weighted by molar-refractivity contribution is 7.80. The van der Waals surface area contributed by atoms with Gasteiger partial charge in [-0.15, -0.1) is 0 Å². The van der Waals surface area contributed by atoms with Crippen LogP contribution in [0.5, 0.6) is 11.5 Å². The van der Waals surface area contributed by atoms with Gasteiger partial charge in [0.25, 0.3) is 0 Å². The van der Waals surface area contributed by atoms with Crippen LogP contribution >= 0.6 is 12.2 Å². The van der Waals surface area contributed by atoms with Crippen molar-refractivity contribution in [3.05, 3.63) is 23.8 Å². The van der Waals surface area contributed by atoms with Gasteiger partial charge in [0.15, 0.2) is 11.5 Å². The third-order valence-electron chi connectivity index (χ3n) is 2.40. The van der Waals surface area contributed by atoms with Gasteiger partial charge < -0.3 is 19.9 Å². The molecule has 0 heterocycles. The number of benzene rings is 1. The Labute approximate surface area is 126 Å². The molecule has 0 atom stereocenters. The maximum Gasteiger partial charge on any atom is 0.161 e. The van der Waals surface area contributed by atoms with E-state index in [1.165, 1.54) is 0 Å². The van der Waals surface area contributed by atoms with Crippen molar-refractivity contribution in [2.75, 3.05) is 19.8 Å². The van der Waals surface area contributed by atoms with E-state index in [0.29, 0.717) is 36.3 Å². The number of rotatable bonds is 7. The van der Waals surface area contributed by atoms with Crippen molar-refractivity contribution in [3.8, 4) is 11.5 Å². The lowest BCUT2D eigenvalue weighted by Crippen LogP contribution is -2.22. The standard InChI is InChI=1S/C15H23NO3S/c1-5-17-13-10-11(14(16)20)6-7-12(13)18-8-9-19-15(2,3)4/h6-7,10H,5,8-9H2,1-4H3,(H2,16,20). The molecule has 0 saturated heterocycles. The fourth-order valence-corrected chi connectivity index (χ4v) is 1.68. The zero-order valence-electron chi connectivity index (χ0n) is 12.6. The lowest BCUT2D eigenvalue weighted by Gasteiger charge is -2.20. The second kappa shape index (κ2) is 7.45. The van der Waals surface area contributed by atoms with E-state index in [1.807, 2.05) is 39.8 Å². The molecule has 0 unspecified atom stereocenters. The fraction of sp³-hybridized carbons (Fsp3) is 0.533. The third-order valence-corrected chi connectivity index (χ3v) is 2.64. The molecule has 112 valence electrons. The lowest BCUT2D eigenvalue weighted by molar-refractivity contribution is -0.0165. The monoisotopic (exact) mass is 297 g/mol. The Kier molecular flexibility index (Phi) is 6.23. The van der Waals surface area contributed by atoms with E-state index in [0.717, 1.165) is 5.56 Å². The van der Waals surface area contributed by atoms with Crippen molar-refractivity contribution in [2.45, 2.75) is 33.3 Å². The zero-order chi connectivity index (χ0) is 15.2. The highest BCUT2D eigenvalue weighted by Gasteiger charge is 2.11. The minimum atomic E-state index is -0.165. The van der Waals surface area contributed by atoms with E-state index in [1.54, 1.807) is 6.07 Å². The second-order valence-electron chi connectivity index (χ2n) is 5.27. The van der Waals surface area contributed by atoms with Crippen molar-refractivity contribution >= 4 is 17.2 Å². The smallest absolute Gasteiger partial charge is 0.161 e. The zero-order valence-corrected chi connectivity index (χ0v) is 13.4. The molecule has 1 aromatic carbocycles. The predicted octanol–water partition coefficient (Wildman–Crippen LogP) is 2.91. The Morgan fingerprint density at radius 2 is 1.85 bits per heavy atom. The second-order valence-corrected chi connectivity index (χ2v) is 5.71. The topological polar surface area (TPSA) is 53.7 Å². The first-order valence-electron chi connectivity index (χ1n) is 6.67.